The minimum Gasteiger partial charge on any atom is -0.507 e. The van der Waals surface area contributed by atoms with Crippen molar-refractivity contribution in [3.63, 3.8) is 0 Å². The number of rotatable bonds is 9. The lowest BCUT2D eigenvalue weighted by Crippen LogP contribution is -2.29. The van der Waals surface area contributed by atoms with Crippen molar-refractivity contribution in [2.45, 2.75) is 19.6 Å². The van der Waals surface area contributed by atoms with Gasteiger partial charge in [0.05, 0.1) is 35.5 Å². The van der Waals surface area contributed by atoms with Crippen LogP contribution in [0.25, 0.3) is 16.0 Å². The molecule has 3 heterocycles. The van der Waals surface area contributed by atoms with Gasteiger partial charge in [-0.1, -0.05) is 47.7 Å². The molecule has 1 atom stereocenters. The molecule has 47 heavy (non-hydrogen) atoms. The standard InChI is InChI=1S/C36H30N2O8S/c1-3-43-24-11-12-25-30(19-24)47-36(37-25)38-32(22-9-13-26(28(17-22)42-2)46-20-21-7-5-4-6-8-21)31(34(40)35(38)41)33(39)23-10-14-27-29(18-23)45-16-15-44-27/h4-14,17-19,32,39H,3,15-16,20H2,1-2H3. The summed E-state index contributed by atoms with van der Waals surface area (Å²) in [6.07, 6.45) is 0. The van der Waals surface area contributed by atoms with Crippen molar-refractivity contribution in [1.82, 2.24) is 4.98 Å². The molecule has 0 saturated carbocycles. The molecule has 5 aromatic rings. The lowest BCUT2D eigenvalue weighted by atomic mass is 9.95. The molecule has 1 N–H and O–H groups in total. The van der Waals surface area contributed by atoms with Crippen LogP contribution in [-0.4, -0.2) is 48.7 Å². The molecular formula is C36H30N2O8S. The number of methoxy groups -OCH3 is 1. The van der Waals surface area contributed by atoms with Crippen LogP contribution < -0.4 is 28.6 Å². The van der Waals surface area contributed by atoms with Crippen molar-refractivity contribution in [2.24, 2.45) is 0 Å². The SMILES string of the molecule is CCOc1ccc2nc(N3C(=O)C(=O)C(=C(O)c4ccc5c(c4)OCCO5)C3c3ccc(OCc4ccccc4)c(OC)c3)sc2c1. The van der Waals surface area contributed by atoms with Gasteiger partial charge in [0, 0.05) is 5.56 Å². The fraction of sp³-hybridized carbons (Fsp3) is 0.194. The van der Waals surface area contributed by atoms with Crippen molar-refractivity contribution in [3.05, 3.63) is 107 Å². The summed E-state index contributed by atoms with van der Waals surface area (Å²) < 4.78 is 29.6. The van der Waals surface area contributed by atoms with Gasteiger partial charge in [-0.15, -0.1) is 0 Å². The number of hydrogen-bond acceptors (Lipinski definition) is 10. The number of ketones is 1. The second-order valence-electron chi connectivity index (χ2n) is 10.8. The van der Waals surface area contributed by atoms with Crippen LogP contribution >= 0.6 is 11.3 Å². The zero-order valence-corrected chi connectivity index (χ0v) is 26.4. The highest BCUT2D eigenvalue weighted by atomic mass is 32.1. The summed E-state index contributed by atoms with van der Waals surface area (Å²) in [5, 5.41) is 12.0. The number of aliphatic hydroxyl groups excluding tert-OH is 1. The molecule has 0 bridgehead atoms. The number of Topliss-reactive ketones (excluding diaryl/α,β-unsaturated/α-hetero) is 1. The molecule has 238 valence electrons. The Hall–Kier alpha value is -5.55. The summed E-state index contributed by atoms with van der Waals surface area (Å²) in [4.78, 5) is 33.8. The highest BCUT2D eigenvalue weighted by Crippen LogP contribution is 2.47. The fourth-order valence-electron chi connectivity index (χ4n) is 5.65. The number of nitrogens with zero attached hydrogens (tertiary/aromatic N) is 2. The summed E-state index contributed by atoms with van der Waals surface area (Å²) in [6.45, 7) is 3.47. The zero-order valence-electron chi connectivity index (χ0n) is 25.6. The van der Waals surface area contributed by atoms with Crippen LogP contribution in [0.3, 0.4) is 0 Å². The van der Waals surface area contributed by atoms with E-state index in [-0.39, 0.29) is 11.3 Å². The molecule has 2 aliphatic heterocycles. The van der Waals surface area contributed by atoms with E-state index in [1.165, 1.54) is 23.3 Å². The Morgan fingerprint density at radius 3 is 2.53 bits per heavy atom. The van der Waals surface area contributed by atoms with Crippen molar-refractivity contribution >= 4 is 44.1 Å². The minimum absolute atomic E-state index is 0.0963. The van der Waals surface area contributed by atoms with Gasteiger partial charge >= 0.3 is 5.91 Å². The molecule has 1 amide bonds. The molecule has 2 aliphatic rings. The summed E-state index contributed by atoms with van der Waals surface area (Å²) in [7, 11) is 1.52. The number of carbonyl (C=O) groups is 2. The highest BCUT2D eigenvalue weighted by Gasteiger charge is 2.48. The van der Waals surface area contributed by atoms with Crippen molar-refractivity contribution in [2.75, 3.05) is 31.8 Å². The first-order chi connectivity index (χ1) is 22.9. The Bertz CT molecular complexity index is 2020. The first kappa shape index (κ1) is 30.1. The molecule has 4 aromatic carbocycles. The van der Waals surface area contributed by atoms with E-state index in [0.717, 1.165) is 10.3 Å². The summed E-state index contributed by atoms with van der Waals surface area (Å²) in [5.41, 5.74) is 2.35. The third kappa shape index (κ3) is 5.70. The average Bonchev–Trinajstić information content (AvgIpc) is 3.64. The fourth-order valence-corrected chi connectivity index (χ4v) is 6.67. The maximum Gasteiger partial charge on any atom is 0.301 e. The predicted octanol–water partition coefficient (Wildman–Crippen LogP) is 6.68. The van der Waals surface area contributed by atoms with Crippen LogP contribution in [0, 0.1) is 0 Å². The smallest absolute Gasteiger partial charge is 0.301 e. The van der Waals surface area contributed by atoms with E-state index in [1.807, 2.05) is 55.5 Å². The number of ether oxygens (including phenoxy) is 5. The number of amides is 1. The van der Waals surface area contributed by atoms with Crippen LogP contribution in [0.4, 0.5) is 5.13 Å². The van der Waals surface area contributed by atoms with Gasteiger partial charge in [-0.2, -0.15) is 0 Å². The van der Waals surface area contributed by atoms with Gasteiger partial charge in [0.15, 0.2) is 28.1 Å². The Morgan fingerprint density at radius 1 is 0.936 bits per heavy atom. The average molecular weight is 651 g/mol. The molecule has 1 saturated heterocycles. The van der Waals surface area contributed by atoms with Gasteiger partial charge in [0.1, 0.15) is 31.3 Å². The lowest BCUT2D eigenvalue weighted by molar-refractivity contribution is -0.132. The van der Waals surface area contributed by atoms with Crippen LogP contribution in [0.5, 0.6) is 28.7 Å². The van der Waals surface area contributed by atoms with Crippen molar-refractivity contribution in [1.29, 1.82) is 0 Å². The molecule has 10 nitrogen and oxygen atoms in total. The van der Waals surface area contributed by atoms with E-state index in [9.17, 15) is 14.7 Å². The number of thiazole rings is 1. The first-order valence-electron chi connectivity index (χ1n) is 15.0. The topological polar surface area (TPSA) is 117 Å². The van der Waals surface area contributed by atoms with E-state index in [0.29, 0.717) is 77.0 Å². The summed E-state index contributed by atoms with van der Waals surface area (Å²) >= 11 is 1.25. The van der Waals surface area contributed by atoms with Crippen molar-refractivity contribution in [3.8, 4) is 28.7 Å². The monoisotopic (exact) mass is 650 g/mol. The number of aliphatic hydroxyl groups is 1. The van der Waals surface area contributed by atoms with Gasteiger partial charge < -0.3 is 28.8 Å². The first-order valence-corrected chi connectivity index (χ1v) is 15.9. The molecule has 11 heteroatoms. The summed E-state index contributed by atoms with van der Waals surface area (Å²) in [5.74, 6) is 0.493. The van der Waals surface area contributed by atoms with Crippen LogP contribution in [0.15, 0.2) is 90.5 Å². The van der Waals surface area contributed by atoms with E-state index in [4.69, 9.17) is 28.7 Å². The van der Waals surface area contributed by atoms with E-state index < -0.39 is 17.7 Å². The van der Waals surface area contributed by atoms with E-state index >= 15 is 0 Å². The number of aromatic nitrogens is 1. The third-order valence-electron chi connectivity index (χ3n) is 7.87. The summed E-state index contributed by atoms with van der Waals surface area (Å²) in [6, 6.07) is 24.2. The normalized spacial score (nSPS) is 16.8. The molecule has 1 aromatic heterocycles. The maximum absolute atomic E-state index is 13.9. The molecular weight excluding hydrogens is 620 g/mol. The van der Waals surface area contributed by atoms with Crippen molar-refractivity contribution < 1.29 is 38.4 Å². The Labute approximate surface area is 274 Å². The molecule has 1 unspecified atom stereocenters. The molecule has 0 spiro atoms. The molecule has 0 aliphatic carbocycles. The maximum atomic E-state index is 13.9. The van der Waals surface area contributed by atoms with Gasteiger partial charge in [-0.3, -0.25) is 14.5 Å². The van der Waals surface area contributed by atoms with Crippen LogP contribution in [-0.2, 0) is 16.2 Å². The third-order valence-corrected chi connectivity index (χ3v) is 8.88. The zero-order chi connectivity index (χ0) is 32.5. The second-order valence-corrected chi connectivity index (χ2v) is 11.8. The van der Waals surface area contributed by atoms with E-state index in [1.54, 1.807) is 36.4 Å². The predicted molar refractivity (Wildman–Crippen MR) is 177 cm³/mol. The quantitative estimate of drug-likeness (QED) is 0.106. The Balaban J connectivity index is 1.34. The highest BCUT2D eigenvalue weighted by molar-refractivity contribution is 7.22. The van der Waals surface area contributed by atoms with Gasteiger partial charge in [-0.05, 0) is 66.6 Å². The van der Waals surface area contributed by atoms with Gasteiger partial charge in [-0.25, -0.2) is 4.98 Å². The molecule has 1 fully saturated rings. The van der Waals surface area contributed by atoms with Gasteiger partial charge in [0.25, 0.3) is 5.78 Å². The lowest BCUT2D eigenvalue weighted by Gasteiger charge is -2.24. The molecule has 0 radical (unpaired) electrons. The number of benzene rings is 4. The number of fused-ring (bicyclic) bond motifs is 2. The number of hydrogen-bond donors (Lipinski definition) is 1. The molecule has 7 rings (SSSR count). The Kier molecular flexibility index (Phi) is 8.13. The Morgan fingerprint density at radius 2 is 1.74 bits per heavy atom. The number of anilines is 1. The number of carbonyl (C=O) groups excluding carboxylic acids is 2. The van der Waals surface area contributed by atoms with E-state index in [2.05, 4.69) is 0 Å². The van der Waals surface area contributed by atoms with Crippen LogP contribution in [0.1, 0.15) is 29.7 Å². The van der Waals surface area contributed by atoms with Gasteiger partial charge in [0.2, 0.25) is 0 Å². The minimum atomic E-state index is -1.04. The van der Waals surface area contributed by atoms with Crippen LogP contribution in [0.2, 0.25) is 0 Å². The second kappa shape index (κ2) is 12.7. The largest absolute Gasteiger partial charge is 0.507 e.